The number of halogens is 1. The van der Waals surface area contributed by atoms with Crippen LogP contribution in [-0.2, 0) is 4.74 Å². The molecule has 2 N–H and O–H groups in total. The van der Waals surface area contributed by atoms with E-state index in [1.165, 1.54) is 0 Å². The van der Waals surface area contributed by atoms with Crippen LogP contribution in [-0.4, -0.2) is 18.2 Å². The Bertz CT molecular complexity index is 268. The standard InChI is InChI=1S/C9H13BrN2O/c1-2-13-6-9(11)7-3-8(10)5-12-4-7/h3-5,9H,2,6,11H2,1H3. The molecule has 4 heteroatoms. The number of hydrogen-bond donors (Lipinski definition) is 1. The number of hydrogen-bond acceptors (Lipinski definition) is 3. The van der Waals surface area contributed by atoms with Crippen molar-refractivity contribution in [3.05, 3.63) is 28.5 Å². The van der Waals surface area contributed by atoms with E-state index < -0.39 is 0 Å². The number of aromatic nitrogens is 1. The number of pyridine rings is 1. The van der Waals surface area contributed by atoms with Crippen LogP contribution in [0.25, 0.3) is 0 Å². The summed E-state index contributed by atoms with van der Waals surface area (Å²) in [5.74, 6) is 0. The van der Waals surface area contributed by atoms with Crippen molar-refractivity contribution in [2.75, 3.05) is 13.2 Å². The van der Waals surface area contributed by atoms with E-state index >= 15 is 0 Å². The summed E-state index contributed by atoms with van der Waals surface area (Å²) in [6.07, 6.45) is 3.49. The Labute approximate surface area is 86.4 Å². The van der Waals surface area contributed by atoms with E-state index in [1.54, 1.807) is 12.4 Å². The van der Waals surface area contributed by atoms with Gasteiger partial charge in [-0.3, -0.25) is 4.98 Å². The van der Waals surface area contributed by atoms with Gasteiger partial charge < -0.3 is 10.5 Å². The quantitative estimate of drug-likeness (QED) is 0.880. The highest BCUT2D eigenvalue weighted by Gasteiger charge is 2.05. The number of rotatable bonds is 4. The second-order valence-corrected chi connectivity index (χ2v) is 3.62. The molecule has 0 saturated heterocycles. The Morgan fingerprint density at radius 1 is 1.62 bits per heavy atom. The second kappa shape index (κ2) is 5.32. The van der Waals surface area contributed by atoms with Gasteiger partial charge in [0.15, 0.2) is 0 Å². The van der Waals surface area contributed by atoms with Crippen LogP contribution in [0.1, 0.15) is 18.5 Å². The minimum absolute atomic E-state index is 0.0926. The maximum absolute atomic E-state index is 5.86. The van der Waals surface area contributed by atoms with Crippen molar-refractivity contribution in [1.82, 2.24) is 4.98 Å². The van der Waals surface area contributed by atoms with Gasteiger partial charge in [-0.2, -0.15) is 0 Å². The van der Waals surface area contributed by atoms with Crippen LogP contribution in [0.3, 0.4) is 0 Å². The van der Waals surface area contributed by atoms with E-state index in [9.17, 15) is 0 Å². The predicted octanol–water partition coefficient (Wildman–Crippen LogP) is 1.88. The molecule has 0 amide bonds. The Morgan fingerprint density at radius 2 is 2.38 bits per heavy atom. The van der Waals surface area contributed by atoms with Crippen molar-refractivity contribution in [3.8, 4) is 0 Å². The third-order valence-electron chi connectivity index (χ3n) is 1.66. The van der Waals surface area contributed by atoms with E-state index in [0.717, 1.165) is 10.0 Å². The van der Waals surface area contributed by atoms with Crippen molar-refractivity contribution in [1.29, 1.82) is 0 Å². The summed E-state index contributed by atoms with van der Waals surface area (Å²) < 4.78 is 6.16. The lowest BCUT2D eigenvalue weighted by atomic mass is 10.1. The fourth-order valence-electron chi connectivity index (χ4n) is 0.972. The fraction of sp³-hybridized carbons (Fsp3) is 0.444. The van der Waals surface area contributed by atoms with Crippen LogP contribution in [0.15, 0.2) is 22.9 Å². The molecule has 0 spiro atoms. The summed E-state index contributed by atoms with van der Waals surface area (Å²) in [4.78, 5) is 4.03. The van der Waals surface area contributed by atoms with Crippen LogP contribution < -0.4 is 5.73 Å². The first-order valence-corrected chi connectivity index (χ1v) is 4.97. The van der Waals surface area contributed by atoms with Crippen molar-refractivity contribution in [2.24, 2.45) is 5.73 Å². The zero-order valence-electron chi connectivity index (χ0n) is 7.53. The molecule has 0 bridgehead atoms. The fourth-order valence-corrected chi connectivity index (χ4v) is 1.35. The molecule has 13 heavy (non-hydrogen) atoms. The summed E-state index contributed by atoms with van der Waals surface area (Å²) in [6, 6.07) is 1.86. The molecule has 0 aliphatic rings. The molecule has 72 valence electrons. The third kappa shape index (κ3) is 3.42. The third-order valence-corrected chi connectivity index (χ3v) is 2.09. The lowest BCUT2D eigenvalue weighted by Crippen LogP contribution is -2.17. The summed E-state index contributed by atoms with van der Waals surface area (Å²) in [7, 11) is 0. The largest absolute Gasteiger partial charge is 0.380 e. The molecule has 1 aromatic heterocycles. The van der Waals surface area contributed by atoms with Crippen LogP contribution in [0.5, 0.6) is 0 Å². The highest BCUT2D eigenvalue weighted by atomic mass is 79.9. The van der Waals surface area contributed by atoms with Gasteiger partial charge in [-0.25, -0.2) is 0 Å². The van der Waals surface area contributed by atoms with Gasteiger partial charge in [-0.15, -0.1) is 0 Å². The monoisotopic (exact) mass is 244 g/mol. The molecule has 0 radical (unpaired) electrons. The summed E-state index contributed by atoms with van der Waals surface area (Å²) in [5, 5.41) is 0. The Morgan fingerprint density at radius 3 is 3.00 bits per heavy atom. The van der Waals surface area contributed by atoms with E-state index in [-0.39, 0.29) is 6.04 Å². The molecule has 0 saturated carbocycles. The SMILES string of the molecule is CCOCC(N)c1cncc(Br)c1. The van der Waals surface area contributed by atoms with Crippen LogP contribution in [0.4, 0.5) is 0 Å². The molecule has 1 atom stereocenters. The maximum Gasteiger partial charge on any atom is 0.0659 e. The topological polar surface area (TPSA) is 48.1 Å². The molecule has 1 unspecified atom stereocenters. The summed E-state index contributed by atoms with van der Waals surface area (Å²) >= 11 is 3.34. The molecule has 3 nitrogen and oxygen atoms in total. The number of ether oxygens (including phenoxy) is 1. The van der Waals surface area contributed by atoms with Crippen molar-refractivity contribution in [3.63, 3.8) is 0 Å². The molecule has 0 aliphatic heterocycles. The molecule has 0 aromatic carbocycles. The molecule has 0 fully saturated rings. The average Bonchev–Trinajstić information content (AvgIpc) is 2.14. The smallest absolute Gasteiger partial charge is 0.0659 e. The molecule has 1 heterocycles. The molecule has 0 aliphatic carbocycles. The van der Waals surface area contributed by atoms with Crippen molar-refractivity contribution < 1.29 is 4.74 Å². The van der Waals surface area contributed by atoms with Crippen LogP contribution in [0, 0.1) is 0 Å². The Balaban J connectivity index is 2.60. The predicted molar refractivity (Wildman–Crippen MR) is 55.4 cm³/mol. The molecular formula is C9H13BrN2O. The highest BCUT2D eigenvalue weighted by molar-refractivity contribution is 9.10. The lowest BCUT2D eigenvalue weighted by Gasteiger charge is -2.11. The van der Waals surface area contributed by atoms with Crippen molar-refractivity contribution in [2.45, 2.75) is 13.0 Å². The summed E-state index contributed by atoms with van der Waals surface area (Å²) in [6.45, 7) is 3.18. The van der Waals surface area contributed by atoms with E-state index in [4.69, 9.17) is 10.5 Å². The Kier molecular flexibility index (Phi) is 4.35. The lowest BCUT2D eigenvalue weighted by molar-refractivity contribution is 0.133. The van der Waals surface area contributed by atoms with Crippen LogP contribution in [0.2, 0.25) is 0 Å². The first kappa shape index (κ1) is 10.6. The minimum atomic E-state index is -0.0926. The first-order valence-electron chi connectivity index (χ1n) is 4.17. The number of nitrogens with zero attached hydrogens (tertiary/aromatic N) is 1. The normalized spacial score (nSPS) is 12.8. The minimum Gasteiger partial charge on any atom is -0.380 e. The zero-order chi connectivity index (χ0) is 9.68. The van der Waals surface area contributed by atoms with Gasteiger partial charge in [-0.1, -0.05) is 0 Å². The summed E-state index contributed by atoms with van der Waals surface area (Å²) in [5.41, 5.74) is 6.85. The highest BCUT2D eigenvalue weighted by Crippen LogP contribution is 2.14. The van der Waals surface area contributed by atoms with E-state index in [0.29, 0.717) is 13.2 Å². The Hall–Kier alpha value is -0.450. The van der Waals surface area contributed by atoms with Gasteiger partial charge in [0, 0.05) is 23.5 Å². The molecule has 1 aromatic rings. The van der Waals surface area contributed by atoms with Crippen molar-refractivity contribution >= 4 is 15.9 Å². The molecule has 1 rings (SSSR count). The number of nitrogens with two attached hydrogens (primary N) is 1. The maximum atomic E-state index is 5.86. The second-order valence-electron chi connectivity index (χ2n) is 2.70. The van der Waals surface area contributed by atoms with Crippen LogP contribution >= 0.6 is 15.9 Å². The van der Waals surface area contributed by atoms with Gasteiger partial charge in [0.25, 0.3) is 0 Å². The average molecular weight is 245 g/mol. The first-order chi connectivity index (χ1) is 6.24. The van der Waals surface area contributed by atoms with E-state index in [1.807, 2.05) is 13.0 Å². The zero-order valence-corrected chi connectivity index (χ0v) is 9.12. The van der Waals surface area contributed by atoms with Gasteiger partial charge in [0.2, 0.25) is 0 Å². The van der Waals surface area contributed by atoms with Gasteiger partial charge >= 0.3 is 0 Å². The van der Waals surface area contributed by atoms with Gasteiger partial charge in [-0.05, 0) is 34.5 Å². The van der Waals surface area contributed by atoms with Gasteiger partial charge in [0.1, 0.15) is 0 Å². The van der Waals surface area contributed by atoms with Gasteiger partial charge in [0.05, 0.1) is 12.6 Å². The van der Waals surface area contributed by atoms with E-state index in [2.05, 4.69) is 20.9 Å². The molecular weight excluding hydrogens is 232 g/mol.